The van der Waals surface area contributed by atoms with Gasteiger partial charge in [0.15, 0.2) is 0 Å². The Bertz CT molecular complexity index is 706. The topological polar surface area (TPSA) is 107 Å². The number of carboxylic acid groups (broad SMARTS) is 1. The molecule has 1 aromatic carbocycles. The molecule has 2 aliphatic rings. The zero-order valence-electron chi connectivity index (χ0n) is 17.5. The lowest BCUT2D eigenvalue weighted by Crippen LogP contribution is -2.57. The summed E-state index contributed by atoms with van der Waals surface area (Å²) in [5.41, 5.74) is 9.40. The summed E-state index contributed by atoms with van der Waals surface area (Å²) < 4.78 is 0. The zero-order valence-corrected chi connectivity index (χ0v) is 17.5. The Morgan fingerprint density at radius 2 is 1.97 bits per heavy atom. The molecule has 1 heterocycles. The molecular weight excluding hydrogens is 367 g/mol. The molecule has 1 aliphatic carbocycles. The first-order valence-corrected chi connectivity index (χ1v) is 11.0. The fourth-order valence-corrected chi connectivity index (χ4v) is 5.25. The number of unbranched alkanes of at least 4 members (excludes halogenated alkanes) is 1. The summed E-state index contributed by atoms with van der Waals surface area (Å²) in [4.78, 5) is 14.5. The number of piperidine rings is 1. The molecule has 1 unspecified atom stereocenters. The molecular formula is C22H35BN2O4. The summed E-state index contributed by atoms with van der Waals surface area (Å²) in [5.74, 6) is -0.977. The largest absolute Gasteiger partial charge is 0.480 e. The van der Waals surface area contributed by atoms with E-state index in [4.69, 9.17) is 15.8 Å². The summed E-state index contributed by atoms with van der Waals surface area (Å²) in [6, 6.07) is 7.22. The number of aliphatic carboxylic acids is 1. The first-order chi connectivity index (χ1) is 13.8. The van der Waals surface area contributed by atoms with Gasteiger partial charge in [0, 0.05) is 6.04 Å². The lowest BCUT2D eigenvalue weighted by Gasteiger charge is -2.44. The van der Waals surface area contributed by atoms with Crippen LogP contribution in [-0.4, -0.2) is 51.8 Å². The Balaban J connectivity index is 1.61. The van der Waals surface area contributed by atoms with Gasteiger partial charge >= 0.3 is 13.1 Å². The second-order valence-electron chi connectivity index (χ2n) is 8.99. The van der Waals surface area contributed by atoms with Crippen LogP contribution in [0.2, 0.25) is 6.32 Å². The molecule has 29 heavy (non-hydrogen) atoms. The SMILES string of the molecule is Cc1ccc2c(c1)CCCC2N1CCC([C@](N)(CCCCB(O)O)C(=O)O)CC1. The van der Waals surface area contributed by atoms with Crippen molar-refractivity contribution >= 4 is 13.1 Å². The summed E-state index contributed by atoms with van der Waals surface area (Å²) in [5, 5.41) is 27.8. The highest BCUT2D eigenvalue weighted by atomic mass is 16.4. The highest BCUT2D eigenvalue weighted by Crippen LogP contribution is 2.39. The molecule has 0 bridgehead atoms. The summed E-state index contributed by atoms with van der Waals surface area (Å²) in [7, 11) is -1.34. The molecule has 7 heteroatoms. The van der Waals surface area contributed by atoms with E-state index in [1.807, 2.05) is 0 Å². The minimum absolute atomic E-state index is 0.0450. The Morgan fingerprint density at radius 1 is 1.24 bits per heavy atom. The van der Waals surface area contributed by atoms with Crippen LogP contribution in [-0.2, 0) is 11.2 Å². The van der Waals surface area contributed by atoms with Crippen molar-refractivity contribution in [2.24, 2.45) is 11.7 Å². The number of hydrogen-bond donors (Lipinski definition) is 4. The van der Waals surface area contributed by atoms with Crippen molar-refractivity contribution in [3.05, 3.63) is 34.9 Å². The molecule has 1 fully saturated rings. The third-order valence-electron chi connectivity index (χ3n) is 6.98. The van der Waals surface area contributed by atoms with Crippen molar-refractivity contribution in [3.63, 3.8) is 0 Å². The van der Waals surface area contributed by atoms with Gasteiger partial charge in [-0.25, -0.2) is 0 Å². The van der Waals surface area contributed by atoms with Gasteiger partial charge < -0.3 is 20.9 Å². The molecule has 160 valence electrons. The van der Waals surface area contributed by atoms with E-state index in [2.05, 4.69) is 30.0 Å². The Morgan fingerprint density at radius 3 is 2.62 bits per heavy atom. The number of benzene rings is 1. The van der Waals surface area contributed by atoms with Crippen LogP contribution in [0.1, 0.15) is 67.7 Å². The molecule has 1 aliphatic heterocycles. The van der Waals surface area contributed by atoms with Crippen LogP contribution in [0.15, 0.2) is 18.2 Å². The van der Waals surface area contributed by atoms with Gasteiger partial charge in [0.1, 0.15) is 5.54 Å². The second kappa shape index (κ2) is 9.60. The number of nitrogens with zero attached hydrogens (tertiary/aromatic N) is 1. The van der Waals surface area contributed by atoms with Crippen LogP contribution in [0.5, 0.6) is 0 Å². The monoisotopic (exact) mass is 402 g/mol. The van der Waals surface area contributed by atoms with Gasteiger partial charge in [0.05, 0.1) is 0 Å². The fraction of sp³-hybridized carbons (Fsp3) is 0.682. The van der Waals surface area contributed by atoms with Gasteiger partial charge in [-0.2, -0.15) is 0 Å². The van der Waals surface area contributed by atoms with E-state index in [0.29, 0.717) is 25.3 Å². The van der Waals surface area contributed by atoms with E-state index < -0.39 is 18.6 Å². The normalized spacial score (nSPS) is 22.7. The molecule has 1 saturated heterocycles. The van der Waals surface area contributed by atoms with E-state index in [1.54, 1.807) is 0 Å². The fourth-order valence-electron chi connectivity index (χ4n) is 5.25. The van der Waals surface area contributed by atoms with Gasteiger partial charge in [0.25, 0.3) is 0 Å². The van der Waals surface area contributed by atoms with Crippen LogP contribution in [0, 0.1) is 12.8 Å². The van der Waals surface area contributed by atoms with Gasteiger partial charge in [-0.15, -0.1) is 0 Å². The molecule has 0 aromatic heterocycles. The standard InChI is InChI=1S/C22H35BN2O4/c1-16-7-8-19-17(15-16)5-4-6-20(19)25-13-9-18(10-14-25)22(24,21(26)27)11-2-3-12-23(28)29/h7-8,15,18,20,28-29H,2-6,9-14,24H2,1H3,(H,26,27)/t20?,22-/m1/s1. The summed E-state index contributed by atoms with van der Waals surface area (Å²) >= 11 is 0. The lowest BCUT2D eigenvalue weighted by atomic mass is 9.73. The Labute approximate surface area is 174 Å². The molecule has 1 aromatic rings. The summed E-state index contributed by atoms with van der Waals surface area (Å²) in [6.45, 7) is 3.90. The van der Waals surface area contributed by atoms with Gasteiger partial charge in [-0.05, 0) is 81.9 Å². The van der Waals surface area contributed by atoms with Crippen molar-refractivity contribution in [1.29, 1.82) is 0 Å². The lowest BCUT2D eigenvalue weighted by molar-refractivity contribution is -0.147. The van der Waals surface area contributed by atoms with Crippen LogP contribution in [0.25, 0.3) is 0 Å². The number of nitrogens with two attached hydrogens (primary N) is 1. The van der Waals surface area contributed by atoms with Crippen LogP contribution < -0.4 is 5.73 Å². The second-order valence-corrected chi connectivity index (χ2v) is 8.99. The maximum Gasteiger partial charge on any atom is 0.451 e. The van der Waals surface area contributed by atoms with E-state index in [-0.39, 0.29) is 12.2 Å². The van der Waals surface area contributed by atoms with E-state index in [0.717, 1.165) is 38.8 Å². The van der Waals surface area contributed by atoms with E-state index >= 15 is 0 Å². The number of carboxylic acids is 1. The van der Waals surface area contributed by atoms with Gasteiger partial charge in [0.2, 0.25) is 0 Å². The van der Waals surface area contributed by atoms with Crippen LogP contribution in [0.3, 0.4) is 0 Å². The van der Waals surface area contributed by atoms with Crippen molar-refractivity contribution in [2.75, 3.05) is 13.1 Å². The minimum atomic E-state index is -1.34. The maximum absolute atomic E-state index is 12.0. The van der Waals surface area contributed by atoms with Crippen molar-refractivity contribution < 1.29 is 19.9 Å². The number of likely N-dealkylation sites (tertiary alicyclic amines) is 1. The average Bonchev–Trinajstić information content (AvgIpc) is 2.70. The number of fused-ring (bicyclic) bond motifs is 1. The number of rotatable bonds is 8. The number of hydrogen-bond acceptors (Lipinski definition) is 5. The summed E-state index contributed by atoms with van der Waals surface area (Å²) in [6.07, 6.45) is 6.91. The van der Waals surface area contributed by atoms with E-state index in [9.17, 15) is 9.90 Å². The zero-order chi connectivity index (χ0) is 21.0. The minimum Gasteiger partial charge on any atom is -0.480 e. The molecule has 0 saturated carbocycles. The predicted molar refractivity (Wildman–Crippen MR) is 115 cm³/mol. The third kappa shape index (κ3) is 5.20. The number of aryl methyl sites for hydroxylation is 2. The highest BCUT2D eigenvalue weighted by molar-refractivity contribution is 6.40. The third-order valence-corrected chi connectivity index (χ3v) is 6.98. The molecule has 5 N–H and O–H groups in total. The maximum atomic E-state index is 12.0. The van der Waals surface area contributed by atoms with Crippen LogP contribution in [0.4, 0.5) is 0 Å². The average molecular weight is 402 g/mol. The first kappa shape index (κ1) is 22.3. The predicted octanol–water partition coefficient (Wildman–Crippen LogP) is 2.51. The van der Waals surface area contributed by atoms with Gasteiger partial charge in [-0.1, -0.05) is 36.6 Å². The van der Waals surface area contributed by atoms with Crippen molar-refractivity contribution in [1.82, 2.24) is 4.90 Å². The number of carbonyl (C=O) groups is 1. The first-order valence-electron chi connectivity index (χ1n) is 11.0. The smallest absolute Gasteiger partial charge is 0.451 e. The Hall–Kier alpha value is -1.41. The molecule has 0 spiro atoms. The van der Waals surface area contributed by atoms with Gasteiger partial charge in [-0.3, -0.25) is 9.69 Å². The molecule has 2 atom stereocenters. The quantitative estimate of drug-likeness (QED) is 0.393. The van der Waals surface area contributed by atoms with Crippen molar-refractivity contribution in [3.8, 4) is 0 Å². The molecule has 3 rings (SSSR count). The Kier molecular flexibility index (Phi) is 7.38. The van der Waals surface area contributed by atoms with Crippen molar-refractivity contribution in [2.45, 2.75) is 76.2 Å². The molecule has 6 nitrogen and oxygen atoms in total. The molecule has 0 amide bonds. The van der Waals surface area contributed by atoms with Crippen LogP contribution >= 0.6 is 0 Å². The van der Waals surface area contributed by atoms with E-state index in [1.165, 1.54) is 23.1 Å². The highest BCUT2D eigenvalue weighted by Gasteiger charge is 2.43. The molecule has 0 radical (unpaired) electrons.